The molecule has 0 amide bonds. The number of para-hydroxylation sites is 1. The molecule has 1 aromatic rings. The number of benzene rings is 1. The third-order valence-corrected chi connectivity index (χ3v) is 2.37. The zero-order valence-electron chi connectivity index (χ0n) is 10.4. The summed E-state index contributed by atoms with van der Waals surface area (Å²) in [5.74, 6) is 5.21. The van der Waals surface area contributed by atoms with Gasteiger partial charge in [-0.2, -0.15) is 0 Å². The molecule has 0 radical (unpaired) electrons. The molecular weight excluding hydrogens is 257 g/mol. The van der Waals surface area contributed by atoms with E-state index in [-0.39, 0.29) is 12.3 Å². The molecule has 0 saturated heterocycles. The summed E-state index contributed by atoms with van der Waals surface area (Å²) in [6, 6.07) is 5.47. The van der Waals surface area contributed by atoms with Gasteiger partial charge in [-0.15, -0.1) is 19.1 Å². The normalized spacial score (nSPS) is 12.5. The summed E-state index contributed by atoms with van der Waals surface area (Å²) in [4.78, 5) is 0. The number of ether oxygens (including phenoxy) is 1. The molecule has 1 aromatic carbocycles. The molecule has 0 heterocycles. The first-order chi connectivity index (χ1) is 8.98. The minimum absolute atomic E-state index is 0.142. The molecule has 3 nitrogen and oxygen atoms in total. The fourth-order valence-electron chi connectivity index (χ4n) is 1.57. The third kappa shape index (κ3) is 5.20. The van der Waals surface area contributed by atoms with Gasteiger partial charge in [-0.25, -0.2) is 0 Å². The Morgan fingerprint density at radius 2 is 2.05 bits per heavy atom. The minimum atomic E-state index is -4.72. The fraction of sp³-hybridized carbons (Fsp3) is 0.385. The highest BCUT2D eigenvalue weighted by Gasteiger charge is 2.32. The SMILES string of the molecule is CC#CCNC(CN)c1ccccc1OC(F)(F)F. The second-order valence-corrected chi connectivity index (χ2v) is 3.68. The molecule has 0 aliphatic rings. The maximum absolute atomic E-state index is 12.3. The van der Waals surface area contributed by atoms with Crippen molar-refractivity contribution in [3.05, 3.63) is 29.8 Å². The molecule has 0 spiro atoms. The van der Waals surface area contributed by atoms with Gasteiger partial charge in [-0.05, 0) is 13.0 Å². The van der Waals surface area contributed by atoms with Crippen molar-refractivity contribution in [1.82, 2.24) is 5.32 Å². The van der Waals surface area contributed by atoms with Gasteiger partial charge >= 0.3 is 6.36 Å². The van der Waals surface area contributed by atoms with Crippen molar-refractivity contribution in [3.8, 4) is 17.6 Å². The fourth-order valence-corrected chi connectivity index (χ4v) is 1.57. The molecule has 3 N–H and O–H groups in total. The molecule has 0 aliphatic heterocycles. The highest BCUT2D eigenvalue weighted by molar-refractivity contribution is 5.36. The van der Waals surface area contributed by atoms with Gasteiger partial charge in [0.05, 0.1) is 6.54 Å². The maximum Gasteiger partial charge on any atom is 0.573 e. The van der Waals surface area contributed by atoms with Gasteiger partial charge in [0, 0.05) is 18.2 Å². The van der Waals surface area contributed by atoms with Crippen LogP contribution in [0.3, 0.4) is 0 Å². The van der Waals surface area contributed by atoms with E-state index >= 15 is 0 Å². The van der Waals surface area contributed by atoms with E-state index in [0.29, 0.717) is 12.1 Å². The van der Waals surface area contributed by atoms with E-state index in [1.165, 1.54) is 12.1 Å². The van der Waals surface area contributed by atoms with Crippen LogP contribution in [0.4, 0.5) is 13.2 Å². The van der Waals surface area contributed by atoms with Gasteiger partial charge in [-0.3, -0.25) is 5.32 Å². The van der Waals surface area contributed by atoms with E-state index < -0.39 is 12.4 Å². The number of nitrogens with one attached hydrogen (secondary N) is 1. The lowest BCUT2D eigenvalue weighted by molar-refractivity contribution is -0.275. The van der Waals surface area contributed by atoms with E-state index in [9.17, 15) is 13.2 Å². The number of alkyl halides is 3. The van der Waals surface area contributed by atoms with Crippen molar-refractivity contribution < 1.29 is 17.9 Å². The summed E-state index contributed by atoms with van der Waals surface area (Å²) in [5.41, 5.74) is 5.93. The number of nitrogens with two attached hydrogens (primary N) is 1. The summed E-state index contributed by atoms with van der Waals surface area (Å²) in [6.07, 6.45) is -4.72. The van der Waals surface area contributed by atoms with Crippen LogP contribution < -0.4 is 15.8 Å². The molecule has 1 unspecified atom stereocenters. The molecule has 0 fully saturated rings. The predicted octanol–water partition coefficient (Wildman–Crippen LogP) is 2.20. The molecule has 104 valence electrons. The second-order valence-electron chi connectivity index (χ2n) is 3.68. The monoisotopic (exact) mass is 272 g/mol. The first kappa shape index (κ1) is 15.3. The number of hydrogen-bond donors (Lipinski definition) is 2. The Labute approximate surface area is 109 Å². The highest BCUT2D eigenvalue weighted by atomic mass is 19.4. The van der Waals surface area contributed by atoms with Crippen molar-refractivity contribution in [2.75, 3.05) is 13.1 Å². The van der Waals surface area contributed by atoms with E-state index in [2.05, 4.69) is 21.9 Å². The van der Waals surface area contributed by atoms with Crippen LogP contribution in [-0.2, 0) is 0 Å². The number of hydrogen-bond acceptors (Lipinski definition) is 3. The largest absolute Gasteiger partial charge is 0.573 e. The first-order valence-electron chi connectivity index (χ1n) is 5.65. The van der Waals surface area contributed by atoms with Gasteiger partial charge in [-0.1, -0.05) is 24.1 Å². The predicted molar refractivity (Wildman–Crippen MR) is 66.4 cm³/mol. The highest BCUT2D eigenvalue weighted by Crippen LogP contribution is 2.29. The maximum atomic E-state index is 12.3. The van der Waals surface area contributed by atoms with Crippen molar-refractivity contribution in [2.24, 2.45) is 5.73 Å². The quantitative estimate of drug-likeness (QED) is 0.808. The van der Waals surface area contributed by atoms with Crippen LogP contribution >= 0.6 is 0 Å². The Bertz CT molecular complexity index is 463. The Balaban J connectivity index is 2.92. The van der Waals surface area contributed by atoms with Crippen LogP contribution in [0.15, 0.2) is 24.3 Å². The summed E-state index contributed by atoms with van der Waals surface area (Å²) in [6.45, 7) is 2.17. The standard InChI is InChI=1S/C13H15F3N2O/c1-2-3-8-18-11(9-17)10-6-4-5-7-12(10)19-13(14,15)16/h4-7,11,18H,8-9,17H2,1H3. The average Bonchev–Trinajstić information content (AvgIpc) is 2.34. The lowest BCUT2D eigenvalue weighted by Crippen LogP contribution is -2.29. The molecule has 1 atom stereocenters. The van der Waals surface area contributed by atoms with Crippen molar-refractivity contribution in [3.63, 3.8) is 0 Å². The minimum Gasteiger partial charge on any atom is -0.405 e. The zero-order chi connectivity index (χ0) is 14.3. The van der Waals surface area contributed by atoms with Gasteiger partial charge in [0.25, 0.3) is 0 Å². The van der Waals surface area contributed by atoms with Crippen LogP contribution in [0.25, 0.3) is 0 Å². The molecule has 0 saturated carbocycles. The first-order valence-corrected chi connectivity index (χ1v) is 5.65. The Morgan fingerprint density at radius 3 is 2.63 bits per heavy atom. The Hall–Kier alpha value is -1.71. The van der Waals surface area contributed by atoms with E-state index in [4.69, 9.17) is 5.73 Å². The van der Waals surface area contributed by atoms with Crippen LogP contribution in [0.1, 0.15) is 18.5 Å². The Morgan fingerprint density at radius 1 is 1.37 bits per heavy atom. The van der Waals surface area contributed by atoms with Gasteiger partial charge in [0.15, 0.2) is 0 Å². The molecule has 19 heavy (non-hydrogen) atoms. The number of halogens is 3. The van der Waals surface area contributed by atoms with Crippen LogP contribution in [-0.4, -0.2) is 19.5 Å². The summed E-state index contributed by atoms with van der Waals surface area (Å²) < 4.78 is 40.9. The lowest BCUT2D eigenvalue weighted by Gasteiger charge is -2.20. The molecule has 0 aliphatic carbocycles. The third-order valence-electron chi connectivity index (χ3n) is 2.37. The van der Waals surface area contributed by atoms with Gasteiger partial charge in [0.1, 0.15) is 5.75 Å². The molecular formula is C13H15F3N2O. The van der Waals surface area contributed by atoms with E-state index in [1.54, 1.807) is 19.1 Å². The zero-order valence-corrected chi connectivity index (χ0v) is 10.4. The van der Waals surface area contributed by atoms with Gasteiger partial charge in [0.2, 0.25) is 0 Å². The molecule has 0 bridgehead atoms. The summed E-state index contributed by atoms with van der Waals surface area (Å²) in [5, 5.41) is 2.97. The number of rotatable bonds is 5. The van der Waals surface area contributed by atoms with E-state index in [0.717, 1.165) is 0 Å². The lowest BCUT2D eigenvalue weighted by atomic mass is 10.1. The topological polar surface area (TPSA) is 47.3 Å². The van der Waals surface area contributed by atoms with Crippen molar-refractivity contribution >= 4 is 0 Å². The molecule has 0 aromatic heterocycles. The van der Waals surface area contributed by atoms with Crippen LogP contribution in [0.2, 0.25) is 0 Å². The van der Waals surface area contributed by atoms with Crippen molar-refractivity contribution in [2.45, 2.75) is 19.3 Å². The second kappa shape index (κ2) is 7.02. The van der Waals surface area contributed by atoms with Gasteiger partial charge < -0.3 is 10.5 Å². The molecule has 1 rings (SSSR count). The Kier molecular flexibility index (Phi) is 5.67. The average molecular weight is 272 g/mol. The smallest absolute Gasteiger partial charge is 0.405 e. The molecule has 6 heteroatoms. The summed E-state index contributed by atoms with van der Waals surface area (Å²) >= 11 is 0. The van der Waals surface area contributed by atoms with Crippen LogP contribution in [0, 0.1) is 11.8 Å². The van der Waals surface area contributed by atoms with Crippen LogP contribution in [0.5, 0.6) is 5.75 Å². The van der Waals surface area contributed by atoms with E-state index in [1.807, 2.05) is 0 Å². The van der Waals surface area contributed by atoms with Crippen molar-refractivity contribution in [1.29, 1.82) is 0 Å². The summed E-state index contributed by atoms with van der Waals surface area (Å²) in [7, 11) is 0.